The van der Waals surface area contributed by atoms with E-state index in [1.54, 1.807) is 45.0 Å². The smallest absolute Gasteiger partial charge is 0.435 e. The van der Waals surface area contributed by atoms with E-state index in [0.29, 0.717) is 22.0 Å². The van der Waals surface area contributed by atoms with Gasteiger partial charge in [-0.3, -0.25) is 9.48 Å². The normalized spacial score (nSPS) is 12.5. The fourth-order valence-electron chi connectivity index (χ4n) is 3.62. The van der Waals surface area contributed by atoms with Gasteiger partial charge in [0.05, 0.1) is 18.2 Å². The lowest BCUT2D eigenvalue weighted by molar-refractivity contribution is -0.140. The van der Waals surface area contributed by atoms with Gasteiger partial charge < -0.3 is 10.1 Å². The molecule has 1 aromatic heterocycles. The number of carbonyl (C=O) groups is 1. The number of alkyl halides is 4. The molecule has 0 aliphatic rings. The van der Waals surface area contributed by atoms with Crippen molar-refractivity contribution in [2.24, 2.45) is 7.05 Å². The summed E-state index contributed by atoms with van der Waals surface area (Å²) in [5.41, 5.74) is 0.681. The lowest BCUT2D eigenvalue weighted by Crippen LogP contribution is -2.27. The number of rotatable bonds is 7. The quantitative estimate of drug-likeness (QED) is 0.280. The first-order valence-electron chi connectivity index (χ1n) is 10.5. The van der Waals surface area contributed by atoms with E-state index in [0.717, 1.165) is 4.68 Å². The van der Waals surface area contributed by atoms with Crippen LogP contribution in [0.1, 0.15) is 52.6 Å². The second-order valence-electron chi connectivity index (χ2n) is 7.85. The lowest BCUT2D eigenvalue weighted by Gasteiger charge is -2.20. The van der Waals surface area contributed by atoms with Crippen molar-refractivity contribution in [3.63, 3.8) is 0 Å². The van der Waals surface area contributed by atoms with Crippen molar-refractivity contribution < 1.29 is 27.1 Å². The fourth-order valence-corrected chi connectivity index (χ4v) is 3.95. The Kier molecular flexibility index (Phi) is 7.70. The zero-order valence-electron chi connectivity index (χ0n) is 19.1. The molecule has 10 heteroatoms. The number of halogens is 5. The first kappa shape index (κ1) is 25.7. The summed E-state index contributed by atoms with van der Waals surface area (Å²) in [4.78, 5) is 13.3. The molecule has 3 rings (SSSR count). The number of ether oxygens (including phenoxy) is 1. The number of nitrogens with zero attached hydrogens (tertiary/aromatic N) is 2. The van der Waals surface area contributed by atoms with Gasteiger partial charge in [-0.05, 0) is 55.7 Å². The third-order valence-corrected chi connectivity index (χ3v) is 5.90. The molecule has 0 saturated heterocycles. The highest BCUT2D eigenvalue weighted by molar-refractivity contribution is 9.08. The van der Waals surface area contributed by atoms with Gasteiger partial charge in [0.15, 0.2) is 5.69 Å². The maximum atomic E-state index is 13.7. The standard InChI is InChI=1S/C24H24BrF4N3O2/c1-5-34-21-17(19-12-32(4)31-22(19)24(27,28)29)9-15(11-25)10-18(21)23(33)30-14(3)16-6-7-20(26)13(2)8-16/h6-10,12,14H,5,11H2,1-4H3,(H,30,33). The zero-order chi connectivity index (χ0) is 25.2. The van der Waals surface area contributed by atoms with Crippen LogP contribution in [0.15, 0.2) is 36.5 Å². The molecule has 1 amide bonds. The molecule has 182 valence electrons. The van der Waals surface area contributed by atoms with E-state index in [2.05, 4.69) is 26.3 Å². The summed E-state index contributed by atoms with van der Waals surface area (Å²) in [6.07, 6.45) is -3.44. The van der Waals surface area contributed by atoms with Crippen molar-refractivity contribution in [1.82, 2.24) is 15.1 Å². The summed E-state index contributed by atoms with van der Waals surface area (Å²) < 4.78 is 61.5. The molecule has 3 aromatic rings. The van der Waals surface area contributed by atoms with Crippen molar-refractivity contribution >= 4 is 21.8 Å². The van der Waals surface area contributed by atoms with Crippen molar-refractivity contribution in [1.29, 1.82) is 0 Å². The molecule has 0 saturated carbocycles. The minimum absolute atomic E-state index is 0.0330. The highest BCUT2D eigenvalue weighted by Gasteiger charge is 2.38. The van der Waals surface area contributed by atoms with Gasteiger partial charge in [0.1, 0.15) is 11.6 Å². The molecule has 1 atom stereocenters. The van der Waals surface area contributed by atoms with Gasteiger partial charge in [0.25, 0.3) is 5.91 Å². The van der Waals surface area contributed by atoms with E-state index in [4.69, 9.17) is 4.74 Å². The lowest BCUT2D eigenvalue weighted by atomic mass is 9.97. The number of amides is 1. The maximum absolute atomic E-state index is 13.7. The molecule has 5 nitrogen and oxygen atoms in total. The number of benzene rings is 2. The molecule has 34 heavy (non-hydrogen) atoms. The van der Waals surface area contributed by atoms with E-state index >= 15 is 0 Å². The van der Waals surface area contributed by atoms with E-state index < -0.39 is 23.8 Å². The number of hydrogen-bond donors (Lipinski definition) is 1. The van der Waals surface area contributed by atoms with Crippen LogP contribution in [-0.2, 0) is 18.6 Å². The highest BCUT2D eigenvalue weighted by Crippen LogP contribution is 2.42. The molecule has 0 spiro atoms. The predicted octanol–water partition coefficient (Wildman–Crippen LogP) is 6.34. The van der Waals surface area contributed by atoms with Crippen molar-refractivity contribution in [3.05, 3.63) is 70.3 Å². The zero-order valence-corrected chi connectivity index (χ0v) is 20.6. The Bertz CT molecular complexity index is 1210. The fraction of sp³-hybridized carbons (Fsp3) is 0.333. The average molecular weight is 542 g/mol. The summed E-state index contributed by atoms with van der Waals surface area (Å²) in [6.45, 7) is 5.18. The number of aromatic nitrogens is 2. The Morgan fingerprint density at radius 3 is 2.53 bits per heavy atom. The topological polar surface area (TPSA) is 56.1 Å². The van der Waals surface area contributed by atoms with Crippen LogP contribution < -0.4 is 10.1 Å². The van der Waals surface area contributed by atoms with Gasteiger partial charge in [-0.1, -0.05) is 28.1 Å². The third kappa shape index (κ3) is 5.43. The van der Waals surface area contributed by atoms with E-state index in [-0.39, 0.29) is 34.9 Å². The summed E-state index contributed by atoms with van der Waals surface area (Å²) in [7, 11) is 1.40. The first-order valence-corrected chi connectivity index (χ1v) is 11.6. The number of nitrogens with one attached hydrogen (secondary N) is 1. The number of hydrogen-bond acceptors (Lipinski definition) is 3. The summed E-state index contributed by atoms with van der Waals surface area (Å²) in [5, 5.41) is 6.73. The number of aryl methyl sites for hydroxylation is 2. The maximum Gasteiger partial charge on any atom is 0.435 e. The molecule has 2 aromatic carbocycles. The largest absolute Gasteiger partial charge is 0.492 e. The van der Waals surface area contributed by atoms with Gasteiger partial charge in [-0.15, -0.1) is 0 Å². The monoisotopic (exact) mass is 541 g/mol. The molecular formula is C24H24BrF4N3O2. The molecule has 1 heterocycles. The van der Waals surface area contributed by atoms with Crippen LogP contribution in [0, 0.1) is 12.7 Å². The van der Waals surface area contributed by atoms with Crippen LogP contribution in [0.4, 0.5) is 17.6 Å². The summed E-state index contributed by atoms with van der Waals surface area (Å²) >= 11 is 3.33. The predicted molar refractivity (Wildman–Crippen MR) is 124 cm³/mol. The molecule has 0 fully saturated rings. The van der Waals surface area contributed by atoms with Crippen molar-refractivity contribution in [2.75, 3.05) is 6.61 Å². The Morgan fingerprint density at radius 1 is 1.24 bits per heavy atom. The second kappa shape index (κ2) is 10.2. The summed E-state index contributed by atoms with van der Waals surface area (Å²) in [5.74, 6) is -0.849. The SMILES string of the molecule is CCOc1c(C(=O)NC(C)c2ccc(F)c(C)c2)cc(CBr)cc1-c1cn(C)nc1C(F)(F)F. The molecular weight excluding hydrogens is 518 g/mol. The van der Waals surface area contributed by atoms with E-state index in [9.17, 15) is 22.4 Å². The second-order valence-corrected chi connectivity index (χ2v) is 8.41. The van der Waals surface area contributed by atoms with Gasteiger partial charge in [0.2, 0.25) is 0 Å². The average Bonchev–Trinajstić information content (AvgIpc) is 3.17. The van der Waals surface area contributed by atoms with Crippen LogP contribution in [0.3, 0.4) is 0 Å². The van der Waals surface area contributed by atoms with Crippen LogP contribution in [0.2, 0.25) is 0 Å². The molecule has 0 aliphatic carbocycles. The Hall–Kier alpha value is -2.88. The van der Waals surface area contributed by atoms with Crippen LogP contribution in [-0.4, -0.2) is 22.3 Å². The molecule has 0 bridgehead atoms. The summed E-state index contributed by atoms with van der Waals surface area (Å²) in [6, 6.07) is 7.17. The first-order chi connectivity index (χ1) is 16.0. The van der Waals surface area contributed by atoms with Crippen molar-refractivity contribution in [2.45, 2.75) is 38.3 Å². The molecule has 0 aliphatic heterocycles. The molecule has 1 N–H and O–H groups in total. The third-order valence-electron chi connectivity index (χ3n) is 5.25. The Balaban J connectivity index is 2.11. The minimum Gasteiger partial charge on any atom is -0.492 e. The van der Waals surface area contributed by atoms with E-state index in [1.165, 1.54) is 19.3 Å². The van der Waals surface area contributed by atoms with Crippen LogP contribution in [0.5, 0.6) is 5.75 Å². The number of carbonyl (C=O) groups excluding carboxylic acids is 1. The van der Waals surface area contributed by atoms with Crippen LogP contribution >= 0.6 is 15.9 Å². The van der Waals surface area contributed by atoms with Gasteiger partial charge >= 0.3 is 6.18 Å². The highest BCUT2D eigenvalue weighted by atomic mass is 79.9. The minimum atomic E-state index is -4.69. The van der Waals surface area contributed by atoms with Gasteiger partial charge in [0, 0.05) is 29.7 Å². The Labute approximate surface area is 203 Å². The van der Waals surface area contributed by atoms with Gasteiger partial charge in [-0.25, -0.2) is 4.39 Å². The van der Waals surface area contributed by atoms with E-state index in [1.807, 2.05) is 0 Å². The van der Waals surface area contributed by atoms with Crippen molar-refractivity contribution in [3.8, 4) is 16.9 Å². The van der Waals surface area contributed by atoms with Crippen LogP contribution in [0.25, 0.3) is 11.1 Å². The Morgan fingerprint density at radius 2 is 1.94 bits per heavy atom. The molecule has 1 unspecified atom stereocenters. The van der Waals surface area contributed by atoms with Gasteiger partial charge in [-0.2, -0.15) is 18.3 Å². The molecule has 0 radical (unpaired) electrons.